The number of halogens is 3. The van der Waals surface area contributed by atoms with E-state index in [1.165, 1.54) is 0 Å². The highest BCUT2D eigenvalue weighted by atomic mass is 35.5. The quantitative estimate of drug-likeness (QED) is 0.366. The average Bonchev–Trinajstić information content (AvgIpc) is 2.98. The van der Waals surface area contributed by atoms with Crippen LogP contribution in [0.2, 0.25) is 15.1 Å². The molecule has 4 nitrogen and oxygen atoms in total. The van der Waals surface area contributed by atoms with Gasteiger partial charge in [0.15, 0.2) is 0 Å². The fourth-order valence-electron chi connectivity index (χ4n) is 3.57. The molecule has 0 radical (unpaired) electrons. The predicted octanol–water partition coefficient (Wildman–Crippen LogP) is 6.24. The summed E-state index contributed by atoms with van der Waals surface area (Å²) in [6, 6.07) is 16.8. The predicted molar refractivity (Wildman–Crippen MR) is 122 cm³/mol. The van der Waals surface area contributed by atoms with Gasteiger partial charge in [0.25, 0.3) is 0 Å². The monoisotopic (exact) mass is 448 g/mol. The number of rotatable bonds is 6. The molecule has 0 unspecified atom stereocenters. The average molecular weight is 450 g/mol. The van der Waals surface area contributed by atoms with Gasteiger partial charge in [-0.1, -0.05) is 34.8 Å². The minimum absolute atomic E-state index is 0.332. The van der Waals surface area contributed by atoms with E-state index in [1.807, 2.05) is 36.4 Å². The minimum atomic E-state index is -0.649. The van der Waals surface area contributed by atoms with Crippen LogP contribution in [0.15, 0.2) is 54.6 Å². The lowest BCUT2D eigenvalue weighted by Gasteiger charge is -2.17. The van der Waals surface area contributed by atoms with Gasteiger partial charge in [0.2, 0.25) is 0 Å². The van der Waals surface area contributed by atoms with Crippen LogP contribution in [0, 0.1) is 0 Å². The fraction of sp³-hybridized carbons (Fsp3) is 0.182. The second-order valence-corrected chi connectivity index (χ2v) is 8.12. The van der Waals surface area contributed by atoms with Crippen molar-refractivity contribution in [2.45, 2.75) is 12.6 Å². The summed E-state index contributed by atoms with van der Waals surface area (Å²) in [4.78, 5) is 0. The molecule has 1 heterocycles. The number of benzene rings is 3. The molecule has 150 valence electrons. The van der Waals surface area contributed by atoms with Crippen LogP contribution in [-0.4, -0.2) is 29.4 Å². The maximum Gasteiger partial charge on any atom is 0.142 e. The summed E-state index contributed by atoms with van der Waals surface area (Å²) in [5.74, 6) is 0.669. The highest BCUT2D eigenvalue weighted by molar-refractivity contribution is 6.33. The number of methoxy groups -OCH3 is 1. The maximum atomic E-state index is 10.7. The summed E-state index contributed by atoms with van der Waals surface area (Å²) >= 11 is 18.5. The molecule has 0 spiro atoms. The minimum Gasteiger partial charge on any atom is -0.495 e. The van der Waals surface area contributed by atoms with Crippen molar-refractivity contribution < 1.29 is 9.84 Å². The van der Waals surface area contributed by atoms with Crippen molar-refractivity contribution in [3.05, 3.63) is 69.7 Å². The van der Waals surface area contributed by atoms with Crippen molar-refractivity contribution in [1.29, 1.82) is 0 Å². The highest BCUT2D eigenvalue weighted by Gasteiger charge is 2.15. The third-order valence-electron chi connectivity index (χ3n) is 4.87. The molecule has 0 amide bonds. The van der Waals surface area contributed by atoms with Gasteiger partial charge < -0.3 is 19.7 Å². The second-order valence-electron chi connectivity index (χ2n) is 6.81. The largest absolute Gasteiger partial charge is 0.495 e. The zero-order chi connectivity index (χ0) is 20.5. The number of ether oxygens (including phenoxy) is 1. The van der Waals surface area contributed by atoms with Crippen molar-refractivity contribution in [2.75, 3.05) is 19.0 Å². The Hall–Kier alpha value is -2.11. The van der Waals surface area contributed by atoms with Gasteiger partial charge in [-0.3, -0.25) is 0 Å². The number of aliphatic hydroxyl groups excluding tert-OH is 1. The van der Waals surface area contributed by atoms with Crippen molar-refractivity contribution in [1.82, 2.24) is 4.57 Å². The van der Waals surface area contributed by atoms with Crippen LogP contribution >= 0.6 is 34.8 Å². The maximum absolute atomic E-state index is 10.7. The van der Waals surface area contributed by atoms with Crippen molar-refractivity contribution in [3.8, 4) is 5.75 Å². The number of anilines is 1. The molecule has 0 aliphatic carbocycles. The third-order valence-corrected chi connectivity index (χ3v) is 5.58. The summed E-state index contributed by atoms with van der Waals surface area (Å²) < 4.78 is 7.43. The van der Waals surface area contributed by atoms with Gasteiger partial charge in [-0.2, -0.15) is 0 Å². The molecule has 29 heavy (non-hydrogen) atoms. The number of nitrogens with one attached hydrogen (secondary N) is 1. The number of hydrogen-bond donors (Lipinski definition) is 2. The first kappa shape index (κ1) is 20.2. The Morgan fingerprint density at radius 2 is 1.45 bits per heavy atom. The molecule has 1 aromatic heterocycles. The normalized spacial score (nSPS) is 12.4. The van der Waals surface area contributed by atoms with E-state index in [9.17, 15) is 5.11 Å². The Bertz CT molecular complexity index is 1130. The molecule has 4 aromatic rings. The van der Waals surface area contributed by atoms with Gasteiger partial charge in [0, 0.05) is 43.4 Å². The van der Waals surface area contributed by atoms with Crippen LogP contribution in [-0.2, 0) is 6.54 Å². The molecule has 0 bridgehead atoms. The van der Waals surface area contributed by atoms with Crippen molar-refractivity contribution in [3.63, 3.8) is 0 Å². The Kier molecular flexibility index (Phi) is 5.79. The summed E-state index contributed by atoms with van der Waals surface area (Å²) in [6.45, 7) is 0.734. The molecule has 0 saturated carbocycles. The molecule has 1 atom stereocenters. The molecule has 0 aliphatic heterocycles. The van der Waals surface area contributed by atoms with Gasteiger partial charge in [0.05, 0.1) is 25.4 Å². The van der Waals surface area contributed by atoms with Crippen LogP contribution in [0.4, 0.5) is 5.69 Å². The number of aromatic nitrogens is 1. The molecular weight excluding hydrogens is 431 g/mol. The SMILES string of the molecule is COc1ccc(Cl)cc1NC[C@H](O)Cn1c2ccc(Cl)cc2c2cc(Cl)ccc21. The van der Waals surface area contributed by atoms with E-state index in [2.05, 4.69) is 9.88 Å². The summed E-state index contributed by atoms with van der Waals surface area (Å²) in [5, 5.41) is 17.9. The molecule has 0 aliphatic rings. The first-order valence-corrected chi connectivity index (χ1v) is 10.2. The number of hydrogen-bond acceptors (Lipinski definition) is 3. The molecule has 0 fully saturated rings. The van der Waals surface area contributed by atoms with E-state index in [4.69, 9.17) is 39.5 Å². The van der Waals surface area contributed by atoms with Gasteiger partial charge in [-0.05, 0) is 54.6 Å². The Morgan fingerprint density at radius 1 is 0.897 bits per heavy atom. The lowest BCUT2D eigenvalue weighted by Crippen LogP contribution is -2.25. The fourth-order valence-corrected chi connectivity index (χ4v) is 4.08. The first-order chi connectivity index (χ1) is 14.0. The summed E-state index contributed by atoms with van der Waals surface area (Å²) in [5.41, 5.74) is 2.72. The molecule has 0 saturated heterocycles. The zero-order valence-corrected chi connectivity index (χ0v) is 17.9. The summed E-state index contributed by atoms with van der Waals surface area (Å²) in [6.07, 6.45) is -0.649. The van der Waals surface area contributed by atoms with Crippen molar-refractivity contribution in [2.24, 2.45) is 0 Å². The van der Waals surface area contributed by atoms with Crippen LogP contribution in [0.5, 0.6) is 5.75 Å². The van der Waals surface area contributed by atoms with Crippen molar-refractivity contribution >= 4 is 62.3 Å². The molecular formula is C22H19Cl3N2O2. The first-order valence-electron chi connectivity index (χ1n) is 9.09. The van der Waals surface area contributed by atoms with E-state index >= 15 is 0 Å². The highest BCUT2D eigenvalue weighted by Crippen LogP contribution is 2.33. The Morgan fingerprint density at radius 3 is 2.03 bits per heavy atom. The van der Waals surface area contributed by atoms with Crippen LogP contribution < -0.4 is 10.1 Å². The topological polar surface area (TPSA) is 46.4 Å². The number of fused-ring (bicyclic) bond motifs is 3. The van der Waals surface area contributed by atoms with E-state index in [-0.39, 0.29) is 0 Å². The second kappa shape index (κ2) is 8.33. The standard InChI is InChI=1S/C22H19Cl3N2O2/c1-29-22-7-4-15(25)10-19(22)26-11-16(28)12-27-20-5-2-13(23)8-17(20)18-9-14(24)3-6-21(18)27/h2-10,16,26,28H,11-12H2,1H3/t16-/m0/s1. The van der Waals surface area contributed by atoms with Crippen LogP contribution in [0.3, 0.4) is 0 Å². The smallest absolute Gasteiger partial charge is 0.142 e. The Labute approximate surface area is 183 Å². The summed E-state index contributed by atoms with van der Waals surface area (Å²) in [7, 11) is 1.60. The lowest BCUT2D eigenvalue weighted by atomic mass is 10.1. The third kappa shape index (κ3) is 4.12. The zero-order valence-electron chi connectivity index (χ0n) is 15.6. The molecule has 7 heteroatoms. The Balaban J connectivity index is 1.63. The van der Waals surface area contributed by atoms with Gasteiger partial charge >= 0.3 is 0 Å². The molecule has 2 N–H and O–H groups in total. The van der Waals surface area contributed by atoms with Crippen LogP contribution in [0.1, 0.15) is 0 Å². The van der Waals surface area contributed by atoms with Gasteiger partial charge in [-0.25, -0.2) is 0 Å². The molecule has 4 rings (SSSR count). The van der Waals surface area contributed by atoms with Gasteiger partial charge in [0.1, 0.15) is 5.75 Å². The van der Waals surface area contributed by atoms with E-state index < -0.39 is 6.10 Å². The van der Waals surface area contributed by atoms with E-state index in [0.29, 0.717) is 33.9 Å². The van der Waals surface area contributed by atoms with E-state index in [0.717, 1.165) is 27.5 Å². The van der Waals surface area contributed by atoms with Crippen LogP contribution in [0.25, 0.3) is 21.8 Å². The van der Waals surface area contributed by atoms with E-state index in [1.54, 1.807) is 25.3 Å². The number of nitrogens with zero attached hydrogens (tertiary/aromatic N) is 1. The lowest BCUT2D eigenvalue weighted by molar-refractivity contribution is 0.169. The number of aliphatic hydroxyl groups is 1. The van der Waals surface area contributed by atoms with Gasteiger partial charge in [-0.15, -0.1) is 0 Å². The molecule has 3 aromatic carbocycles.